The van der Waals surface area contributed by atoms with Gasteiger partial charge in [0.2, 0.25) is 11.8 Å². The Bertz CT molecular complexity index is 916. The number of rotatable bonds is 4. The molecule has 0 unspecified atom stereocenters. The number of hydrogen-bond donors (Lipinski definition) is 2. The normalized spacial score (nSPS) is 23.2. The molecule has 1 aromatic rings. The molecule has 3 rings (SSSR count). The number of carbonyl (C=O) groups is 2. The summed E-state index contributed by atoms with van der Waals surface area (Å²) >= 11 is 0. The Morgan fingerprint density at radius 1 is 1.44 bits per heavy atom. The zero-order chi connectivity index (χ0) is 23.5. The molecular formula is C24H33N3O5. The molecule has 2 heterocycles. The molecule has 1 aliphatic heterocycles. The van der Waals surface area contributed by atoms with E-state index in [0.29, 0.717) is 31.5 Å². The van der Waals surface area contributed by atoms with Crippen LogP contribution in [0.25, 0.3) is 0 Å². The maximum Gasteiger partial charge on any atom is 0.259 e. The molecule has 2 amide bonds. The van der Waals surface area contributed by atoms with Gasteiger partial charge in [-0.25, -0.2) is 4.98 Å². The van der Waals surface area contributed by atoms with Crippen LogP contribution in [-0.4, -0.2) is 81.3 Å². The first kappa shape index (κ1) is 24.0. The van der Waals surface area contributed by atoms with Gasteiger partial charge in [-0.2, -0.15) is 0 Å². The lowest BCUT2D eigenvalue weighted by Gasteiger charge is -2.37. The number of pyridine rings is 1. The molecular weight excluding hydrogens is 410 g/mol. The molecule has 8 nitrogen and oxygen atoms in total. The Labute approximate surface area is 189 Å². The van der Waals surface area contributed by atoms with E-state index in [9.17, 15) is 19.8 Å². The van der Waals surface area contributed by atoms with Crippen LogP contribution in [0, 0.1) is 17.8 Å². The second-order valence-electron chi connectivity index (χ2n) is 9.09. The Morgan fingerprint density at radius 2 is 2.12 bits per heavy atom. The predicted octanol–water partition coefficient (Wildman–Crippen LogP) is 1.44. The topological polar surface area (TPSA) is 103 Å². The Morgan fingerprint density at radius 3 is 2.75 bits per heavy atom. The SMILES string of the molecule is CC(=O)N(C)C[C@H]1Oc2ncc(C#CC3(O)CCCC3)cc2C(=O)N([C@@H](C)CO)C[C@H]1C. The quantitative estimate of drug-likeness (QED) is 0.683. The van der Waals surface area contributed by atoms with Crippen molar-refractivity contribution < 1.29 is 24.5 Å². The van der Waals surface area contributed by atoms with Gasteiger partial charge in [-0.3, -0.25) is 9.59 Å². The van der Waals surface area contributed by atoms with E-state index in [1.165, 1.54) is 13.1 Å². The third-order valence-corrected chi connectivity index (χ3v) is 6.38. The second-order valence-corrected chi connectivity index (χ2v) is 9.09. The molecule has 0 bridgehead atoms. The maximum atomic E-state index is 13.4. The Hall–Kier alpha value is -2.63. The second kappa shape index (κ2) is 9.88. The molecule has 8 heteroatoms. The van der Waals surface area contributed by atoms with Gasteiger partial charge < -0.3 is 24.7 Å². The average Bonchev–Trinajstić information content (AvgIpc) is 3.20. The largest absolute Gasteiger partial charge is 0.472 e. The van der Waals surface area contributed by atoms with Crippen LogP contribution >= 0.6 is 0 Å². The minimum absolute atomic E-state index is 0.0804. The molecule has 2 aliphatic rings. The fraction of sp³-hybridized carbons (Fsp3) is 0.625. The third-order valence-electron chi connectivity index (χ3n) is 6.38. The van der Waals surface area contributed by atoms with E-state index in [-0.39, 0.29) is 41.9 Å². The number of fused-ring (bicyclic) bond motifs is 1. The zero-order valence-electron chi connectivity index (χ0n) is 19.3. The number of aliphatic hydroxyl groups is 2. The summed E-state index contributed by atoms with van der Waals surface area (Å²) in [5, 5.41) is 20.2. The summed E-state index contributed by atoms with van der Waals surface area (Å²) in [6.07, 6.45) is 4.34. The van der Waals surface area contributed by atoms with E-state index in [2.05, 4.69) is 16.8 Å². The van der Waals surface area contributed by atoms with E-state index >= 15 is 0 Å². The van der Waals surface area contributed by atoms with E-state index < -0.39 is 11.6 Å². The van der Waals surface area contributed by atoms with Crippen LogP contribution < -0.4 is 4.74 Å². The number of aromatic nitrogens is 1. The van der Waals surface area contributed by atoms with Gasteiger partial charge in [-0.15, -0.1) is 0 Å². The summed E-state index contributed by atoms with van der Waals surface area (Å²) < 4.78 is 6.14. The summed E-state index contributed by atoms with van der Waals surface area (Å²) in [5.41, 5.74) is -0.207. The van der Waals surface area contributed by atoms with Gasteiger partial charge in [-0.05, 0) is 38.7 Å². The molecule has 1 saturated carbocycles. The zero-order valence-corrected chi connectivity index (χ0v) is 19.3. The highest BCUT2D eigenvalue weighted by atomic mass is 16.5. The van der Waals surface area contributed by atoms with Crippen molar-refractivity contribution in [1.29, 1.82) is 0 Å². The minimum atomic E-state index is -0.986. The summed E-state index contributed by atoms with van der Waals surface area (Å²) in [5.74, 6) is 5.62. The van der Waals surface area contributed by atoms with Crippen molar-refractivity contribution >= 4 is 11.8 Å². The van der Waals surface area contributed by atoms with Gasteiger partial charge in [0.05, 0.1) is 19.2 Å². The number of aliphatic hydroxyl groups excluding tert-OH is 1. The van der Waals surface area contributed by atoms with Crippen molar-refractivity contribution in [2.24, 2.45) is 5.92 Å². The molecule has 0 saturated heterocycles. The summed E-state index contributed by atoms with van der Waals surface area (Å²) in [7, 11) is 1.71. The smallest absolute Gasteiger partial charge is 0.259 e. The van der Waals surface area contributed by atoms with E-state index in [1.807, 2.05) is 6.92 Å². The van der Waals surface area contributed by atoms with Crippen molar-refractivity contribution in [3.8, 4) is 17.7 Å². The number of amides is 2. The third kappa shape index (κ3) is 5.40. The van der Waals surface area contributed by atoms with Crippen molar-refractivity contribution in [3.05, 3.63) is 23.4 Å². The van der Waals surface area contributed by atoms with Crippen LogP contribution in [0.5, 0.6) is 5.88 Å². The fourth-order valence-electron chi connectivity index (χ4n) is 4.06. The standard InChI is InChI=1S/C24H33N3O5/c1-16-13-27(17(2)15-28)23(30)20-11-19(7-10-24(31)8-5-6-9-24)12-25-22(20)32-21(16)14-26(4)18(3)29/h11-12,16-17,21,28,31H,5-6,8-9,13-15H2,1-4H3/t16-,17+,21-/m1/s1. The molecule has 2 N–H and O–H groups in total. The fourth-order valence-corrected chi connectivity index (χ4v) is 4.06. The van der Waals surface area contributed by atoms with E-state index in [1.54, 1.807) is 29.8 Å². The highest BCUT2D eigenvalue weighted by Gasteiger charge is 2.34. The lowest BCUT2D eigenvalue weighted by molar-refractivity contribution is -0.129. The van der Waals surface area contributed by atoms with Gasteiger partial charge in [0.1, 0.15) is 17.3 Å². The van der Waals surface area contributed by atoms with E-state index in [4.69, 9.17) is 4.74 Å². The molecule has 1 aliphatic carbocycles. The molecule has 174 valence electrons. The number of ether oxygens (including phenoxy) is 1. The van der Waals surface area contributed by atoms with E-state index in [0.717, 1.165) is 12.8 Å². The monoisotopic (exact) mass is 443 g/mol. The molecule has 1 aromatic heterocycles. The van der Waals surface area contributed by atoms with Gasteiger partial charge >= 0.3 is 0 Å². The van der Waals surface area contributed by atoms with Crippen molar-refractivity contribution in [2.75, 3.05) is 26.7 Å². The van der Waals surface area contributed by atoms with Crippen molar-refractivity contribution in [1.82, 2.24) is 14.8 Å². The lowest BCUT2D eigenvalue weighted by atomic mass is 9.99. The lowest BCUT2D eigenvalue weighted by Crippen LogP contribution is -2.50. The van der Waals surface area contributed by atoms with Gasteiger partial charge in [-0.1, -0.05) is 18.8 Å². The molecule has 0 radical (unpaired) electrons. The van der Waals surface area contributed by atoms with Crippen molar-refractivity contribution in [3.63, 3.8) is 0 Å². The Balaban J connectivity index is 1.98. The average molecular weight is 444 g/mol. The first-order chi connectivity index (χ1) is 15.1. The van der Waals surface area contributed by atoms with Crippen molar-refractivity contribution in [2.45, 2.75) is 64.2 Å². The Kier molecular flexibility index (Phi) is 7.42. The van der Waals surface area contributed by atoms with Crippen LogP contribution in [0.2, 0.25) is 0 Å². The highest BCUT2D eigenvalue weighted by molar-refractivity contribution is 5.97. The number of hydrogen-bond acceptors (Lipinski definition) is 6. The molecule has 32 heavy (non-hydrogen) atoms. The minimum Gasteiger partial charge on any atom is -0.472 e. The summed E-state index contributed by atoms with van der Waals surface area (Å²) in [4.78, 5) is 32.7. The summed E-state index contributed by atoms with van der Waals surface area (Å²) in [6, 6.07) is 1.24. The van der Waals surface area contributed by atoms with Crippen LogP contribution in [-0.2, 0) is 4.79 Å². The van der Waals surface area contributed by atoms with Crippen LogP contribution in [0.15, 0.2) is 12.3 Å². The van der Waals surface area contributed by atoms with Crippen LogP contribution in [0.3, 0.4) is 0 Å². The molecule has 1 fully saturated rings. The first-order valence-corrected chi connectivity index (χ1v) is 11.2. The van der Waals surface area contributed by atoms with Gasteiger partial charge in [0.25, 0.3) is 5.91 Å². The molecule has 0 aromatic carbocycles. The maximum absolute atomic E-state index is 13.4. The number of carbonyl (C=O) groups excluding carboxylic acids is 2. The first-order valence-electron chi connectivity index (χ1n) is 11.2. The van der Waals surface area contributed by atoms with Gasteiger partial charge in [0.15, 0.2) is 0 Å². The van der Waals surface area contributed by atoms with Crippen LogP contribution in [0.4, 0.5) is 0 Å². The predicted molar refractivity (Wildman–Crippen MR) is 119 cm³/mol. The van der Waals surface area contributed by atoms with Crippen LogP contribution in [0.1, 0.15) is 62.4 Å². The van der Waals surface area contributed by atoms with Gasteiger partial charge in [0, 0.05) is 38.2 Å². The number of nitrogens with zero attached hydrogens (tertiary/aromatic N) is 3. The highest BCUT2D eigenvalue weighted by Crippen LogP contribution is 2.30. The molecule has 3 atom stereocenters. The number of likely N-dealkylation sites (N-methyl/N-ethyl adjacent to an activating group) is 1. The summed E-state index contributed by atoms with van der Waals surface area (Å²) in [6.45, 7) is 5.78. The molecule has 0 spiro atoms.